The Bertz CT molecular complexity index is 1220. The van der Waals surface area contributed by atoms with Crippen molar-refractivity contribution in [3.05, 3.63) is 70.7 Å². The van der Waals surface area contributed by atoms with Crippen LogP contribution in [-0.2, 0) is 27.8 Å². The molecular weight excluding hydrogens is 436 g/mol. The molecule has 0 aliphatic carbocycles. The average molecular weight is 457 g/mol. The van der Waals surface area contributed by atoms with Gasteiger partial charge in [0, 0.05) is 36.0 Å². The van der Waals surface area contributed by atoms with Gasteiger partial charge in [-0.1, -0.05) is 29.5 Å². The maximum absolute atomic E-state index is 12.7. The lowest BCUT2D eigenvalue weighted by Crippen LogP contribution is -2.35. The Labute approximate surface area is 184 Å². The van der Waals surface area contributed by atoms with Crippen LogP contribution in [0.25, 0.3) is 0 Å². The Morgan fingerprint density at radius 2 is 1.77 bits per heavy atom. The van der Waals surface area contributed by atoms with Crippen molar-refractivity contribution in [2.45, 2.75) is 24.8 Å². The minimum Gasteiger partial charge on any atom is -0.333 e. The van der Waals surface area contributed by atoms with E-state index < -0.39 is 10.0 Å². The fraction of sp³-hybridized carbons (Fsp3) is 0.190. The summed E-state index contributed by atoms with van der Waals surface area (Å²) >= 11 is 1.23. The van der Waals surface area contributed by atoms with Gasteiger partial charge < -0.3 is 10.2 Å². The number of nitrogens with one attached hydrogen (secondary N) is 2. The fourth-order valence-electron chi connectivity index (χ4n) is 3.27. The molecule has 2 heterocycles. The summed E-state index contributed by atoms with van der Waals surface area (Å²) in [6.45, 7) is 2.31. The van der Waals surface area contributed by atoms with Crippen molar-refractivity contribution in [1.82, 2.24) is 9.88 Å². The summed E-state index contributed by atoms with van der Waals surface area (Å²) in [6.07, 6.45) is 0.567. The zero-order valence-corrected chi connectivity index (χ0v) is 18.3. The van der Waals surface area contributed by atoms with Crippen molar-refractivity contribution >= 4 is 44.0 Å². The van der Waals surface area contributed by atoms with E-state index in [1.165, 1.54) is 42.5 Å². The second-order valence-corrected chi connectivity index (χ2v) is 9.81. The molecule has 0 unspecified atom stereocenters. The van der Waals surface area contributed by atoms with E-state index in [-0.39, 0.29) is 21.8 Å². The Morgan fingerprint density at radius 1 is 1.06 bits per heavy atom. The SMILES string of the molecule is CC(=O)Nc1ccc(S(=O)(=O)Nc2nc3c(s2)CN(C(=O)c2ccccc2)CC3)cc1. The molecule has 160 valence electrons. The van der Waals surface area contributed by atoms with Crippen LogP contribution >= 0.6 is 11.3 Å². The summed E-state index contributed by atoms with van der Waals surface area (Å²) in [5, 5.41) is 2.86. The number of carbonyl (C=O) groups is 2. The normalized spacial score (nSPS) is 13.4. The first kappa shape index (κ1) is 21.0. The number of anilines is 2. The third-order valence-corrected chi connectivity index (χ3v) is 7.23. The third-order valence-electron chi connectivity index (χ3n) is 4.75. The van der Waals surface area contributed by atoms with Gasteiger partial charge in [-0.3, -0.25) is 14.3 Å². The predicted molar refractivity (Wildman–Crippen MR) is 119 cm³/mol. The third kappa shape index (κ3) is 4.75. The molecule has 0 fully saturated rings. The molecule has 2 amide bonds. The highest BCUT2D eigenvalue weighted by Crippen LogP contribution is 2.30. The van der Waals surface area contributed by atoms with Gasteiger partial charge in [-0.15, -0.1) is 0 Å². The lowest BCUT2D eigenvalue weighted by atomic mass is 10.1. The molecule has 1 aliphatic rings. The number of hydrogen-bond acceptors (Lipinski definition) is 6. The maximum atomic E-state index is 12.7. The van der Waals surface area contributed by atoms with Crippen LogP contribution < -0.4 is 10.0 Å². The second-order valence-electron chi connectivity index (χ2n) is 7.04. The highest BCUT2D eigenvalue weighted by atomic mass is 32.2. The molecule has 0 saturated heterocycles. The number of amides is 2. The van der Waals surface area contributed by atoms with Gasteiger partial charge in [-0.2, -0.15) is 0 Å². The molecule has 2 aromatic carbocycles. The first-order chi connectivity index (χ1) is 14.8. The van der Waals surface area contributed by atoms with Gasteiger partial charge in [0.25, 0.3) is 15.9 Å². The molecule has 0 atom stereocenters. The van der Waals surface area contributed by atoms with Crippen molar-refractivity contribution in [1.29, 1.82) is 0 Å². The molecule has 2 N–H and O–H groups in total. The molecule has 1 aromatic heterocycles. The van der Waals surface area contributed by atoms with Crippen molar-refractivity contribution in [3.63, 3.8) is 0 Å². The Hall–Kier alpha value is -3.24. The number of fused-ring (bicyclic) bond motifs is 1. The minimum atomic E-state index is -3.83. The molecule has 31 heavy (non-hydrogen) atoms. The monoisotopic (exact) mass is 456 g/mol. The van der Waals surface area contributed by atoms with Crippen LogP contribution in [0.4, 0.5) is 10.8 Å². The molecule has 10 heteroatoms. The number of nitrogens with zero attached hydrogens (tertiary/aromatic N) is 2. The van der Waals surface area contributed by atoms with Crippen LogP contribution in [0, 0.1) is 0 Å². The van der Waals surface area contributed by atoms with Crippen LogP contribution in [0.1, 0.15) is 27.9 Å². The molecule has 4 rings (SSSR count). The molecule has 0 bridgehead atoms. The molecule has 0 saturated carbocycles. The Balaban J connectivity index is 1.47. The van der Waals surface area contributed by atoms with E-state index in [0.29, 0.717) is 30.8 Å². The largest absolute Gasteiger partial charge is 0.333 e. The second kappa shape index (κ2) is 8.48. The summed E-state index contributed by atoms with van der Waals surface area (Å²) in [4.78, 5) is 30.9. The minimum absolute atomic E-state index is 0.0546. The topological polar surface area (TPSA) is 108 Å². The van der Waals surface area contributed by atoms with Gasteiger partial charge in [0.15, 0.2) is 5.13 Å². The number of thiazole rings is 1. The molecule has 0 spiro atoms. The quantitative estimate of drug-likeness (QED) is 0.613. The number of benzene rings is 2. The number of rotatable bonds is 5. The maximum Gasteiger partial charge on any atom is 0.263 e. The van der Waals surface area contributed by atoms with Crippen molar-refractivity contribution < 1.29 is 18.0 Å². The van der Waals surface area contributed by atoms with E-state index >= 15 is 0 Å². The number of carbonyl (C=O) groups excluding carboxylic acids is 2. The lowest BCUT2D eigenvalue weighted by molar-refractivity contribution is -0.114. The van der Waals surface area contributed by atoms with Crippen LogP contribution in [0.15, 0.2) is 59.5 Å². The van der Waals surface area contributed by atoms with Crippen LogP contribution in [0.2, 0.25) is 0 Å². The number of aromatic nitrogens is 1. The van der Waals surface area contributed by atoms with Gasteiger partial charge in [0.05, 0.1) is 17.1 Å². The summed E-state index contributed by atoms with van der Waals surface area (Å²) < 4.78 is 27.9. The van der Waals surface area contributed by atoms with Crippen molar-refractivity contribution in [3.8, 4) is 0 Å². The molecule has 8 nitrogen and oxygen atoms in total. The van der Waals surface area contributed by atoms with E-state index in [1.807, 2.05) is 18.2 Å². The first-order valence-electron chi connectivity index (χ1n) is 9.55. The summed E-state index contributed by atoms with van der Waals surface area (Å²) in [7, 11) is -3.83. The first-order valence-corrected chi connectivity index (χ1v) is 11.9. The number of sulfonamides is 1. The van der Waals surface area contributed by atoms with Gasteiger partial charge >= 0.3 is 0 Å². The molecular formula is C21H20N4O4S2. The highest BCUT2D eigenvalue weighted by Gasteiger charge is 2.26. The van der Waals surface area contributed by atoms with Crippen molar-refractivity contribution in [2.75, 3.05) is 16.6 Å². The van der Waals surface area contributed by atoms with E-state index in [9.17, 15) is 18.0 Å². The van der Waals surface area contributed by atoms with Gasteiger partial charge in [-0.25, -0.2) is 13.4 Å². The Morgan fingerprint density at radius 3 is 2.45 bits per heavy atom. The summed E-state index contributed by atoms with van der Waals surface area (Å²) in [6, 6.07) is 15.0. The lowest BCUT2D eigenvalue weighted by Gasteiger charge is -2.26. The molecule has 1 aliphatic heterocycles. The molecule has 3 aromatic rings. The zero-order valence-electron chi connectivity index (χ0n) is 16.7. The number of hydrogen-bond donors (Lipinski definition) is 2. The smallest absolute Gasteiger partial charge is 0.263 e. The van der Waals surface area contributed by atoms with Crippen molar-refractivity contribution in [2.24, 2.45) is 0 Å². The van der Waals surface area contributed by atoms with E-state index in [2.05, 4.69) is 15.0 Å². The van der Waals surface area contributed by atoms with Gasteiger partial charge in [0.2, 0.25) is 5.91 Å². The zero-order chi connectivity index (χ0) is 22.0. The van der Waals surface area contributed by atoms with Crippen LogP contribution in [0.5, 0.6) is 0 Å². The van der Waals surface area contributed by atoms with Crippen LogP contribution in [-0.4, -0.2) is 36.7 Å². The van der Waals surface area contributed by atoms with Crippen LogP contribution in [0.3, 0.4) is 0 Å². The highest BCUT2D eigenvalue weighted by molar-refractivity contribution is 7.93. The fourth-order valence-corrected chi connectivity index (χ4v) is 5.53. The van der Waals surface area contributed by atoms with Gasteiger partial charge in [-0.05, 0) is 36.4 Å². The summed E-state index contributed by atoms with van der Waals surface area (Å²) in [5.41, 5.74) is 1.94. The standard InChI is InChI=1S/C21H20N4O4S2/c1-14(26)22-16-7-9-17(10-8-16)31(28,29)24-21-23-18-11-12-25(13-19(18)30-21)20(27)15-5-3-2-4-6-15/h2-10H,11-13H2,1H3,(H,22,26)(H,23,24). The van der Waals surface area contributed by atoms with E-state index in [0.717, 1.165) is 10.6 Å². The van der Waals surface area contributed by atoms with Gasteiger partial charge in [0.1, 0.15) is 0 Å². The average Bonchev–Trinajstić information content (AvgIpc) is 3.14. The Kier molecular flexibility index (Phi) is 5.75. The molecule has 0 radical (unpaired) electrons. The van der Waals surface area contributed by atoms with E-state index in [4.69, 9.17) is 0 Å². The van der Waals surface area contributed by atoms with E-state index in [1.54, 1.807) is 17.0 Å². The predicted octanol–water partition coefficient (Wildman–Crippen LogP) is 3.10. The summed E-state index contributed by atoms with van der Waals surface area (Å²) in [5.74, 6) is -0.289.